The van der Waals surface area contributed by atoms with E-state index >= 15 is 0 Å². The van der Waals surface area contributed by atoms with E-state index in [1.165, 1.54) is 11.8 Å². The lowest BCUT2D eigenvalue weighted by Gasteiger charge is -1.99. The van der Waals surface area contributed by atoms with Gasteiger partial charge in [-0.3, -0.25) is 9.78 Å². The van der Waals surface area contributed by atoms with Crippen LogP contribution in [0.25, 0.3) is 6.08 Å². The third kappa shape index (κ3) is 4.16. The third-order valence-corrected chi connectivity index (χ3v) is 2.61. The Morgan fingerprint density at radius 2 is 2.40 bits per heavy atom. The maximum atomic E-state index is 10.7. The van der Waals surface area contributed by atoms with Crippen LogP contribution in [-0.4, -0.2) is 15.9 Å². The largest absolute Gasteiger partial charge is 0.397 e. The van der Waals surface area contributed by atoms with Crippen molar-refractivity contribution in [2.45, 2.75) is 13.8 Å². The van der Waals surface area contributed by atoms with Gasteiger partial charge in [0, 0.05) is 12.7 Å². The van der Waals surface area contributed by atoms with E-state index in [1.54, 1.807) is 13.1 Å². The molecule has 0 aliphatic carbocycles. The van der Waals surface area contributed by atoms with Crippen LogP contribution in [0.15, 0.2) is 18.3 Å². The molecule has 4 heteroatoms. The molecule has 0 fully saturated rings. The molecule has 0 aliphatic heterocycles. The molecule has 2 N–H and O–H groups in total. The molecule has 0 amide bonds. The summed E-state index contributed by atoms with van der Waals surface area (Å²) in [6, 6.07) is 1.92. The highest BCUT2D eigenvalue weighted by Gasteiger charge is 1.95. The van der Waals surface area contributed by atoms with Crippen LogP contribution in [0.3, 0.4) is 0 Å². The Bertz CT molecular complexity index is 388. The van der Waals surface area contributed by atoms with Gasteiger partial charge in [-0.1, -0.05) is 17.8 Å². The van der Waals surface area contributed by atoms with Gasteiger partial charge >= 0.3 is 0 Å². The fourth-order valence-corrected chi connectivity index (χ4v) is 1.44. The number of aromatic nitrogens is 1. The topological polar surface area (TPSA) is 56.0 Å². The van der Waals surface area contributed by atoms with Gasteiger partial charge in [-0.2, -0.15) is 0 Å². The van der Waals surface area contributed by atoms with Gasteiger partial charge < -0.3 is 5.73 Å². The van der Waals surface area contributed by atoms with E-state index in [2.05, 4.69) is 4.98 Å². The zero-order valence-electron chi connectivity index (χ0n) is 8.86. The van der Waals surface area contributed by atoms with E-state index in [1.807, 2.05) is 25.1 Å². The molecule has 1 rings (SSSR count). The first-order valence-corrected chi connectivity index (χ1v) is 5.60. The highest BCUT2D eigenvalue weighted by atomic mass is 32.2. The Morgan fingerprint density at radius 3 is 3.00 bits per heavy atom. The first-order chi connectivity index (χ1) is 7.09. The molecule has 0 bridgehead atoms. The SMILES string of the molecule is CC(=O)SCC=Cc1cc(C)c(N)cn1. The molecule has 0 spiro atoms. The Morgan fingerprint density at radius 1 is 1.67 bits per heavy atom. The Labute approximate surface area is 93.8 Å². The molecule has 0 unspecified atom stereocenters. The summed E-state index contributed by atoms with van der Waals surface area (Å²) in [5, 5.41) is 0.126. The number of anilines is 1. The van der Waals surface area contributed by atoms with Crippen LogP contribution in [0.4, 0.5) is 5.69 Å². The lowest BCUT2D eigenvalue weighted by atomic mass is 10.2. The number of carbonyl (C=O) groups is 1. The summed E-state index contributed by atoms with van der Waals surface area (Å²) in [6.45, 7) is 3.50. The van der Waals surface area contributed by atoms with Gasteiger partial charge in [0.2, 0.25) is 0 Å². The molecule has 0 aliphatic rings. The second-order valence-electron chi connectivity index (χ2n) is 3.17. The summed E-state index contributed by atoms with van der Waals surface area (Å²) in [5.74, 6) is 0.681. The zero-order valence-corrected chi connectivity index (χ0v) is 9.67. The van der Waals surface area contributed by atoms with Crippen molar-refractivity contribution in [2.75, 3.05) is 11.5 Å². The van der Waals surface area contributed by atoms with Crippen LogP contribution in [0.5, 0.6) is 0 Å². The van der Waals surface area contributed by atoms with Crippen molar-refractivity contribution in [2.24, 2.45) is 0 Å². The molecule has 1 aromatic rings. The number of hydrogen-bond acceptors (Lipinski definition) is 4. The smallest absolute Gasteiger partial charge is 0.186 e. The average molecular weight is 222 g/mol. The lowest BCUT2D eigenvalue weighted by molar-refractivity contribution is -0.109. The second kappa shape index (κ2) is 5.56. The number of pyridine rings is 1. The molecule has 0 radical (unpaired) electrons. The minimum absolute atomic E-state index is 0.126. The van der Waals surface area contributed by atoms with Gasteiger partial charge in [-0.15, -0.1) is 0 Å². The minimum Gasteiger partial charge on any atom is -0.397 e. The molecule has 15 heavy (non-hydrogen) atoms. The van der Waals surface area contributed by atoms with Crippen LogP contribution >= 0.6 is 11.8 Å². The Kier molecular flexibility index (Phi) is 4.37. The first-order valence-electron chi connectivity index (χ1n) is 4.61. The highest BCUT2D eigenvalue weighted by molar-refractivity contribution is 8.13. The van der Waals surface area contributed by atoms with Crippen LogP contribution in [0.2, 0.25) is 0 Å². The van der Waals surface area contributed by atoms with E-state index in [0.717, 1.165) is 11.3 Å². The van der Waals surface area contributed by atoms with Gasteiger partial charge in [0.05, 0.1) is 17.6 Å². The quantitative estimate of drug-likeness (QED) is 0.852. The maximum Gasteiger partial charge on any atom is 0.186 e. The van der Waals surface area contributed by atoms with Crippen molar-refractivity contribution < 1.29 is 4.79 Å². The van der Waals surface area contributed by atoms with E-state index in [0.29, 0.717) is 11.4 Å². The molecular weight excluding hydrogens is 208 g/mol. The van der Waals surface area contributed by atoms with Crippen LogP contribution in [0, 0.1) is 6.92 Å². The number of nitrogen functional groups attached to an aromatic ring is 1. The number of thioether (sulfide) groups is 1. The predicted molar refractivity (Wildman–Crippen MR) is 65.6 cm³/mol. The highest BCUT2D eigenvalue weighted by Crippen LogP contribution is 2.11. The average Bonchev–Trinajstić information content (AvgIpc) is 2.18. The van der Waals surface area contributed by atoms with Crippen molar-refractivity contribution in [1.29, 1.82) is 0 Å². The number of nitrogens with two attached hydrogens (primary N) is 1. The Balaban J connectivity index is 2.57. The number of rotatable bonds is 3. The second-order valence-corrected chi connectivity index (χ2v) is 4.37. The van der Waals surface area contributed by atoms with Gasteiger partial charge in [0.25, 0.3) is 0 Å². The Hall–Kier alpha value is -1.29. The van der Waals surface area contributed by atoms with E-state index in [4.69, 9.17) is 5.73 Å². The van der Waals surface area contributed by atoms with Crippen LogP contribution in [-0.2, 0) is 4.79 Å². The normalized spacial score (nSPS) is 10.8. The summed E-state index contributed by atoms with van der Waals surface area (Å²) in [4.78, 5) is 14.8. The molecule has 3 nitrogen and oxygen atoms in total. The summed E-state index contributed by atoms with van der Waals surface area (Å²) >= 11 is 1.28. The van der Waals surface area contributed by atoms with Gasteiger partial charge in [-0.05, 0) is 24.6 Å². The van der Waals surface area contributed by atoms with Crippen molar-refractivity contribution in [3.8, 4) is 0 Å². The van der Waals surface area contributed by atoms with Gasteiger partial charge in [0.1, 0.15) is 0 Å². The minimum atomic E-state index is 0.126. The number of hydrogen-bond donors (Lipinski definition) is 1. The third-order valence-electron chi connectivity index (χ3n) is 1.84. The number of nitrogens with zero attached hydrogens (tertiary/aromatic N) is 1. The fourth-order valence-electron chi connectivity index (χ4n) is 1.01. The van der Waals surface area contributed by atoms with E-state index < -0.39 is 0 Å². The molecule has 0 atom stereocenters. The number of carbonyl (C=O) groups excluding carboxylic acids is 1. The summed E-state index contributed by atoms with van der Waals surface area (Å²) in [7, 11) is 0. The van der Waals surface area contributed by atoms with Crippen molar-refractivity contribution in [3.05, 3.63) is 29.6 Å². The summed E-state index contributed by atoms with van der Waals surface area (Å²) < 4.78 is 0. The molecule has 0 saturated carbocycles. The molecular formula is C11H14N2OS. The lowest BCUT2D eigenvalue weighted by Crippen LogP contribution is -1.92. The summed E-state index contributed by atoms with van der Waals surface area (Å²) in [6.07, 6.45) is 5.46. The summed E-state index contributed by atoms with van der Waals surface area (Å²) in [5.41, 5.74) is 8.23. The maximum absolute atomic E-state index is 10.7. The van der Waals surface area contributed by atoms with Gasteiger partial charge in [-0.25, -0.2) is 0 Å². The predicted octanol–water partition coefficient (Wildman–Crippen LogP) is 2.27. The van der Waals surface area contributed by atoms with E-state index in [9.17, 15) is 4.79 Å². The van der Waals surface area contributed by atoms with Crippen LogP contribution < -0.4 is 5.73 Å². The van der Waals surface area contributed by atoms with Crippen molar-refractivity contribution >= 4 is 28.6 Å². The molecule has 1 heterocycles. The molecule has 1 aromatic heterocycles. The van der Waals surface area contributed by atoms with Gasteiger partial charge in [0.15, 0.2) is 5.12 Å². The first kappa shape index (κ1) is 11.8. The van der Waals surface area contributed by atoms with Crippen molar-refractivity contribution in [1.82, 2.24) is 4.98 Å². The monoisotopic (exact) mass is 222 g/mol. The molecule has 80 valence electrons. The zero-order chi connectivity index (χ0) is 11.3. The fraction of sp³-hybridized carbons (Fsp3) is 0.273. The van der Waals surface area contributed by atoms with Crippen LogP contribution in [0.1, 0.15) is 18.2 Å². The standard InChI is InChI=1S/C11H14N2OS/c1-8-6-10(13-7-11(8)12)4-3-5-15-9(2)14/h3-4,6-7H,5,12H2,1-2H3. The molecule has 0 aromatic carbocycles. The van der Waals surface area contributed by atoms with E-state index in [-0.39, 0.29) is 5.12 Å². The number of aryl methyl sites for hydroxylation is 1. The molecule has 0 saturated heterocycles. The van der Waals surface area contributed by atoms with Crippen molar-refractivity contribution in [3.63, 3.8) is 0 Å².